The number of aromatic nitrogens is 3. The molecule has 1 aliphatic carbocycles. The second-order valence-corrected chi connectivity index (χ2v) is 9.10. The van der Waals surface area contributed by atoms with E-state index in [1.807, 2.05) is 37.0 Å². The van der Waals surface area contributed by atoms with Crippen LogP contribution in [0, 0.1) is 0 Å². The monoisotopic (exact) mass is 421 g/mol. The molecule has 3 aromatic rings. The molecular formula is C23H27N5OS. The van der Waals surface area contributed by atoms with Gasteiger partial charge in [0, 0.05) is 38.0 Å². The third-order valence-corrected chi connectivity index (χ3v) is 6.50. The number of anilines is 1. The highest BCUT2D eigenvalue weighted by atomic mass is 32.2. The molecule has 5 rings (SSSR count). The molecule has 156 valence electrons. The molecule has 2 atom stereocenters. The Balaban J connectivity index is 1.22. The molecule has 0 spiro atoms. The van der Waals surface area contributed by atoms with Gasteiger partial charge in [-0.3, -0.25) is 5.32 Å². The number of hydrogen-bond donors (Lipinski definition) is 1. The van der Waals surface area contributed by atoms with Gasteiger partial charge in [0.2, 0.25) is 5.16 Å². The molecule has 0 amide bonds. The second-order valence-electron chi connectivity index (χ2n) is 8.12. The molecule has 7 heteroatoms. The molecule has 2 aliphatic rings. The largest absolute Gasteiger partial charge is 0.378 e. The van der Waals surface area contributed by atoms with Crippen molar-refractivity contribution in [3.05, 3.63) is 66.0 Å². The van der Waals surface area contributed by atoms with Gasteiger partial charge >= 0.3 is 0 Å². The minimum atomic E-state index is -0.0522. The van der Waals surface area contributed by atoms with E-state index in [-0.39, 0.29) is 12.3 Å². The maximum Gasteiger partial charge on any atom is 0.209 e. The van der Waals surface area contributed by atoms with Crippen LogP contribution in [0.5, 0.6) is 0 Å². The highest BCUT2D eigenvalue weighted by molar-refractivity contribution is 7.99. The number of para-hydroxylation sites is 1. The smallest absolute Gasteiger partial charge is 0.209 e. The van der Waals surface area contributed by atoms with Crippen molar-refractivity contribution in [3.8, 4) is 5.69 Å². The van der Waals surface area contributed by atoms with Crippen molar-refractivity contribution in [2.45, 2.75) is 36.2 Å². The standard InChI is InChI=1S/C23H27N5OS/c1-27(2)18-12-10-17(11-13-18)22-24-14-20(29-22)15-30-23-25-21(16-8-9-16)28(26-23)19-6-4-3-5-7-19/h3-7,10-13,16,20,22,24H,8-9,14-15H2,1-2H3/t20-,22-/m1/s1. The van der Waals surface area contributed by atoms with E-state index in [4.69, 9.17) is 14.8 Å². The lowest BCUT2D eigenvalue weighted by Crippen LogP contribution is -2.17. The minimum Gasteiger partial charge on any atom is -0.378 e. The molecule has 1 saturated heterocycles. The Morgan fingerprint density at radius 1 is 1.10 bits per heavy atom. The van der Waals surface area contributed by atoms with Crippen LogP contribution in [0.2, 0.25) is 0 Å². The zero-order chi connectivity index (χ0) is 20.5. The van der Waals surface area contributed by atoms with Crippen LogP contribution in [-0.4, -0.2) is 47.3 Å². The van der Waals surface area contributed by atoms with Gasteiger partial charge in [-0.05, 0) is 42.7 Å². The molecule has 30 heavy (non-hydrogen) atoms. The van der Waals surface area contributed by atoms with Crippen molar-refractivity contribution in [2.75, 3.05) is 31.3 Å². The van der Waals surface area contributed by atoms with E-state index in [9.17, 15) is 0 Å². The second kappa shape index (κ2) is 8.41. The maximum absolute atomic E-state index is 6.24. The van der Waals surface area contributed by atoms with Gasteiger partial charge in [0.15, 0.2) is 0 Å². The number of ether oxygens (including phenoxy) is 1. The summed E-state index contributed by atoms with van der Waals surface area (Å²) in [6.45, 7) is 0.835. The van der Waals surface area contributed by atoms with E-state index < -0.39 is 0 Å². The summed E-state index contributed by atoms with van der Waals surface area (Å²) in [6.07, 6.45) is 2.50. The number of nitrogens with zero attached hydrogens (tertiary/aromatic N) is 4. The van der Waals surface area contributed by atoms with Gasteiger partial charge in [-0.15, -0.1) is 5.10 Å². The molecule has 1 saturated carbocycles. The van der Waals surface area contributed by atoms with Crippen molar-refractivity contribution in [1.29, 1.82) is 0 Å². The number of thioether (sulfide) groups is 1. The van der Waals surface area contributed by atoms with Crippen LogP contribution in [0.4, 0.5) is 5.69 Å². The maximum atomic E-state index is 6.24. The Kier molecular flexibility index (Phi) is 5.50. The minimum absolute atomic E-state index is 0.0522. The number of rotatable bonds is 7. The van der Waals surface area contributed by atoms with Crippen molar-refractivity contribution in [2.24, 2.45) is 0 Å². The van der Waals surface area contributed by atoms with Crippen LogP contribution in [0.25, 0.3) is 5.69 Å². The molecule has 0 bridgehead atoms. The van der Waals surface area contributed by atoms with E-state index in [2.05, 4.69) is 46.6 Å². The van der Waals surface area contributed by atoms with Gasteiger partial charge in [0.25, 0.3) is 0 Å². The van der Waals surface area contributed by atoms with Crippen LogP contribution >= 0.6 is 11.8 Å². The fourth-order valence-electron chi connectivity index (χ4n) is 3.67. The number of hydrogen-bond acceptors (Lipinski definition) is 6. The summed E-state index contributed by atoms with van der Waals surface area (Å²) in [5.41, 5.74) is 3.43. The summed E-state index contributed by atoms with van der Waals surface area (Å²) >= 11 is 1.68. The topological polar surface area (TPSA) is 55.2 Å². The summed E-state index contributed by atoms with van der Waals surface area (Å²) in [5.74, 6) is 2.47. The Labute approximate surface area is 181 Å². The Morgan fingerprint density at radius 2 is 1.87 bits per heavy atom. The molecule has 1 N–H and O–H groups in total. The molecule has 6 nitrogen and oxygen atoms in total. The lowest BCUT2D eigenvalue weighted by molar-refractivity contribution is 0.0534. The molecular weight excluding hydrogens is 394 g/mol. The van der Waals surface area contributed by atoms with E-state index >= 15 is 0 Å². The molecule has 2 fully saturated rings. The van der Waals surface area contributed by atoms with Gasteiger partial charge in [0.05, 0.1) is 11.8 Å². The Morgan fingerprint density at radius 3 is 2.57 bits per heavy atom. The molecule has 1 aliphatic heterocycles. The predicted octanol–water partition coefficient (Wildman–Crippen LogP) is 3.99. The summed E-state index contributed by atoms with van der Waals surface area (Å²) in [7, 11) is 4.10. The van der Waals surface area contributed by atoms with Crippen molar-refractivity contribution < 1.29 is 4.74 Å². The van der Waals surface area contributed by atoms with Crippen molar-refractivity contribution in [3.63, 3.8) is 0 Å². The average molecular weight is 422 g/mol. The van der Waals surface area contributed by atoms with E-state index in [0.717, 1.165) is 34.5 Å². The molecule has 0 unspecified atom stereocenters. The summed E-state index contributed by atoms with van der Waals surface area (Å²) in [6, 6.07) is 18.8. The summed E-state index contributed by atoms with van der Waals surface area (Å²) in [5, 5.41) is 9.11. The summed E-state index contributed by atoms with van der Waals surface area (Å²) in [4.78, 5) is 6.95. The highest BCUT2D eigenvalue weighted by Gasteiger charge is 2.31. The quantitative estimate of drug-likeness (QED) is 0.582. The van der Waals surface area contributed by atoms with Crippen LogP contribution < -0.4 is 10.2 Å². The first-order chi connectivity index (χ1) is 14.7. The normalized spacial score (nSPS) is 21.1. The number of nitrogens with one attached hydrogen (secondary N) is 1. The number of benzene rings is 2. The lowest BCUT2D eigenvalue weighted by Gasteiger charge is -2.16. The fourth-order valence-corrected chi connectivity index (χ4v) is 4.50. The van der Waals surface area contributed by atoms with E-state index in [0.29, 0.717) is 5.92 Å². The fraction of sp³-hybridized carbons (Fsp3) is 0.391. The first-order valence-electron chi connectivity index (χ1n) is 10.5. The lowest BCUT2D eigenvalue weighted by atomic mass is 10.2. The Bertz CT molecular complexity index is 985. The highest BCUT2D eigenvalue weighted by Crippen LogP contribution is 2.40. The van der Waals surface area contributed by atoms with Crippen molar-refractivity contribution >= 4 is 17.4 Å². The van der Waals surface area contributed by atoms with E-state index in [1.165, 1.54) is 18.5 Å². The van der Waals surface area contributed by atoms with Gasteiger partial charge in [-0.25, -0.2) is 9.67 Å². The molecule has 2 heterocycles. The van der Waals surface area contributed by atoms with Gasteiger partial charge in [-0.2, -0.15) is 0 Å². The molecule has 2 aromatic carbocycles. The molecule has 1 aromatic heterocycles. The molecule has 0 radical (unpaired) electrons. The van der Waals surface area contributed by atoms with Gasteiger partial charge in [-0.1, -0.05) is 42.1 Å². The zero-order valence-electron chi connectivity index (χ0n) is 17.4. The van der Waals surface area contributed by atoms with Crippen LogP contribution in [-0.2, 0) is 4.74 Å². The van der Waals surface area contributed by atoms with Crippen molar-refractivity contribution in [1.82, 2.24) is 20.1 Å². The Hall–Kier alpha value is -2.35. The SMILES string of the molecule is CN(C)c1ccc([C@@H]2NC[C@H](CSc3nc(C4CC4)n(-c4ccccc4)n3)O2)cc1. The van der Waals surface area contributed by atoms with Crippen LogP contribution in [0.15, 0.2) is 59.8 Å². The van der Waals surface area contributed by atoms with Crippen LogP contribution in [0.3, 0.4) is 0 Å². The van der Waals surface area contributed by atoms with Crippen LogP contribution in [0.1, 0.15) is 36.4 Å². The van der Waals surface area contributed by atoms with Gasteiger partial charge in [0.1, 0.15) is 12.1 Å². The first kappa shape index (κ1) is 19.6. The first-order valence-corrected chi connectivity index (χ1v) is 11.5. The third-order valence-electron chi connectivity index (χ3n) is 5.53. The van der Waals surface area contributed by atoms with Gasteiger partial charge < -0.3 is 9.64 Å². The van der Waals surface area contributed by atoms with E-state index in [1.54, 1.807) is 11.8 Å². The average Bonchev–Trinajstić information content (AvgIpc) is 3.35. The summed E-state index contributed by atoms with van der Waals surface area (Å²) < 4.78 is 8.26. The predicted molar refractivity (Wildman–Crippen MR) is 120 cm³/mol. The zero-order valence-corrected chi connectivity index (χ0v) is 18.2. The third kappa shape index (κ3) is 4.24.